The van der Waals surface area contributed by atoms with Gasteiger partial charge in [-0.3, -0.25) is 4.79 Å². The predicted molar refractivity (Wildman–Crippen MR) is 68.0 cm³/mol. The van der Waals surface area contributed by atoms with E-state index in [-0.39, 0.29) is 12.3 Å². The molecular formula is C12H13Cl2NO. The SMILES string of the molecule is C=C(C)CNC(=O)Cc1ccc(Cl)cc1Cl. The van der Waals surface area contributed by atoms with Gasteiger partial charge in [-0.05, 0) is 24.6 Å². The summed E-state index contributed by atoms with van der Waals surface area (Å²) in [5, 5.41) is 3.82. The third-order valence-corrected chi connectivity index (χ3v) is 2.54. The van der Waals surface area contributed by atoms with Gasteiger partial charge in [-0.25, -0.2) is 0 Å². The van der Waals surface area contributed by atoms with Gasteiger partial charge in [0.15, 0.2) is 0 Å². The van der Waals surface area contributed by atoms with Gasteiger partial charge in [0.2, 0.25) is 5.91 Å². The fourth-order valence-electron chi connectivity index (χ4n) is 1.15. The van der Waals surface area contributed by atoms with Crippen molar-refractivity contribution in [3.8, 4) is 0 Å². The van der Waals surface area contributed by atoms with Crippen LogP contribution in [0.4, 0.5) is 0 Å². The van der Waals surface area contributed by atoms with Gasteiger partial charge in [-0.1, -0.05) is 41.4 Å². The molecule has 0 atom stereocenters. The normalized spacial score (nSPS) is 9.94. The second kappa shape index (κ2) is 5.92. The van der Waals surface area contributed by atoms with Gasteiger partial charge < -0.3 is 5.32 Å². The Labute approximate surface area is 105 Å². The minimum absolute atomic E-state index is 0.0766. The molecule has 0 bridgehead atoms. The Morgan fingerprint density at radius 3 is 2.69 bits per heavy atom. The largest absolute Gasteiger partial charge is 0.352 e. The molecule has 0 aliphatic heterocycles. The van der Waals surface area contributed by atoms with Crippen LogP contribution < -0.4 is 5.32 Å². The lowest BCUT2D eigenvalue weighted by Gasteiger charge is -2.06. The fourth-order valence-corrected chi connectivity index (χ4v) is 1.63. The molecule has 0 aliphatic carbocycles. The highest BCUT2D eigenvalue weighted by atomic mass is 35.5. The molecule has 1 amide bonds. The molecule has 0 spiro atoms. The van der Waals surface area contributed by atoms with Gasteiger partial charge in [0, 0.05) is 16.6 Å². The molecule has 1 aromatic carbocycles. The highest BCUT2D eigenvalue weighted by Gasteiger charge is 2.06. The van der Waals surface area contributed by atoms with Crippen molar-refractivity contribution in [3.63, 3.8) is 0 Å². The lowest BCUT2D eigenvalue weighted by Crippen LogP contribution is -2.26. The second-order valence-corrected chi connectivity index (χ2v) is 4.49. The smallest absolute Gasteiger partial charge is 0.224 e. The van der Waals surface area contributed by atoms with E-state index in [1.807, 2.05) is 6.92 Å². The maximum absolute atomic E-state index is 11.5. The number of halogens is 2. The topological polar surface area (TPSA) is 29.1 Å². The van der Waals surface area contributed by atoms with Gasteiger partial charge >= 0.3 is 0 Å². The first-order chi connectivity index (χ1) is 7.49. The van der Waals surface area contributed by atoms with Crippen molar-refractivity contribution in [3.05, 3.63) is 46.0 Å². The maximum atomic E-state index is 11.5. The lowest BCUT2D eigenvalue weighted by molar-refractivity contribution is -0.120. The van der Waals surface area contributed by atoms with Gasteiger partial charge in [-0.2, -0.15) is 0 Å². The average Bonchev–Trinajstić information content (AvgIpc) is 2.19. The number of carbonyl (C=O) groups is 1. The molecule has 0 heterocycles. The molecule has 0 aromatic heterocycles. The van der Waals surface area contributed by atoms with E-state index in [9.17, 15) is 4.79 Å². The quantitative estimate of drug-likeness (QED) is 0.825. The highest BCUT2D eigenvalue weighted by Crippen LogP contribution is 2.21. The van der Waals surface area contributed by atoms with Crippen LogP contribution in [0.1, 0.15) is 12.5 Å². The van der Waals surface area contributed by atoms with Crippen LogP contribution in [0, 0.1) is 0 Å². The maximum Gasteiger partial charge on any atom is 0.224 e. The summed E-state index contributed by atoms with van der Waals surface area (Å²) < 4.78 is 0. The number of benzene rings is 1. The number of carbonyl (C=O) groups excluding carboxylic acids is 1. The molecule has 1 N–H and O–H groups in total. The monoisotopic (exact) mass is 257 g/mol. The summed E-state index contributed by atoms with van der Waals surface area (Å²) in [4.78, 5) is 11.5. The van der Waals surface area contributed by atoms with E-state index < -0.39 is 0 Å². The molecule has 1 aromatic rings. The first kappa shape index (κ1) is 13.1. The summed E-state index contributed by atoms with van der Waals surface area (Å²) in [7, 11) is 0. The Hall–Kier alpha value is -0.990. The minimum Gasteiger partial charge on any atom is -0.352 e. The summed E-state index contributed by atoms with van der Waals surface area (Å²) >= 11 is 11.7. The van der Waals surface area contributed by atoms with Crippen LogP contribution in [0.15, 0.2) is 30.4 Å². The Morgan fingerprint density at radius 2 is 2.12 bits per heavy atom. The first-order valence-corrected chi connectivity index (χ1v) is 5.59. The molecule has 1 rings (SSSR count). The molecule has 0 radical (unpaired) electrons. The van der Waals surface area contributed by atoms with Crippen LogP contribution >= 0.6 is 23.2 Å². The molecule has 0 saturated heterocycles. The van der Waals surface area contributed by atoms with Crippen molar-refractivity contribution in [1.29, 1.82) is 0 Å². The summed E-state index contributed by atoms with van der Waals surface area (Å²) in [6.07, 6.45) is 0.253. The molecule has 4 heteroatoms. The van der Waals surface area contributed by atoms with Gasteiger partial charge in [-0.15, -0.1) is 0 Å². The second-order valence-electron chi connectivity index (χ2n) is 3.65. The number of amides is 1. The molecule has 16 heavy (non-hydrogen) atoms. The number of hydrogen-bond donors (Lipinski definition) is 1. The van der Waals surface area contributed by atoms with Crippen molar-refractivity contribution in [2.75, 3.05) is 6.54 Å². The molecular weight excluding hydrogens is 245 g/mol. The Bertz CT molecular complexity index is 415. The van der Waals surface area contributed by atoms with E-state index in [2.05, 4.69) is 11.9 Å². The zero-order valence-electron chi connectivity index (χ0n) is 9.02. The molecule has 2 nitrogen and oxygen atoms in total. The van der Waals surface area contributed by atoms with Crippen molar-refractivity contribution >= 4 is 29.1 Å². The molecule has 86 valence electrons. The number of rotatable bonds is 4. The van der Waals surface area contributed by atoms with E-state index in [0.717, 1.165) is 11.1 Å². The van der Waals surface area contributed by atoms with E-state index in [0.29, 0.717) is 16.6 Å². The Kier molecular flexibility index (Phi) is 4.84. The average molecular weight is 258 g/mol. The minimum atomic E-state index is -0.0766. The summed E-state index contributed by atoms with van der Waals surface area (Å²) in [6, 6.07) is 5.10. The van der Waals surface area contributed by atoms with E-state index >= 15 is 0 Å². The van der Waals surface area contributed by atoms with Crippen molar-refractivity contribution < 1.29 is 4.79 Å². The zero-order valence-corrected chi connectivity index (χ0v) is 10.5. The van der Waals surface area contributed by atoms with Gasteiger partial charge in [0.25, 0.3) is 0 Å². The molecule has 0 unspecified atom stereocenters. The summed E-state index contributed by atoms with van der Waals surface area (Å²) in [5.74, 6) is -0.0766. The fraction of sp³-hybridized carbons (Fsp3) is 0.250. The lowest BCUT2D eigenvalue weighted by atomic mass is 10.1. The van der Waals surface area contributed by atoms with Crippen molar-refractivity contribution in [2.45, 2.75) is 13.3 Å². The summed E-state index contributed by atoms with van der Waals surface area (Å²) in [5.41, 5.74) is 1.68. The van der Waals surface area contributed by atoms with Gasteiger partial charge in [0.1, 0.15) is 0 Å². The Morgan fingerprint density at radius 1 is 1.44 bits per heavy atom. The molecule has 0 fully saturated rings. The van der Waals surface area contributed by atoms with Gasteiger partial charge in [0.05, 0.1) is 6.42 Å². The van der Waals surface area contributed by atoms with Crippen molar-refractivity contribution in [1.82, 2.24) is 5.32 Å². The Balaban J connectivity index is 2.59. The van der Waals surface area contributed by atoms with E-state index in [4.69, 9.17) is 23.2 Å². The zero-order chi connectivity index (χ0) is 12.1. The number of nitrogens with one attached hydrogen (secondary N) is 1. The third-order valence-electron chi connectivity index (χ3n) is 1.95. The molecule has 0 aliphatic rings. The first-order valence-electron chi connectivity index (χ1n) is 4.84. The van der Waals surface area contributed by atoms with E-state index in [1.54, 1.807) is 18.2 Å². The van der Waals surface area contributed by atoms with E-state index in [1.165, 1.54) is 0 Å². The van der Waals surface area contributed by atoms with Crippen LogP contribution in [0.25, 0.3) is 0 Å². The third kappa shape index (κ3) is 4.25. The van der Waals surface area contributed by atoms with Crippen LogP contribution in [-0.2, 0) is 11.2 Å². The van der Waals surface area contributed by atoms with Crippen LogP contribution in [0.2, 0.25) is 10.0 Å². The summed E-state index contributed by atoms with van der Waals surface area (Å²) in [6.45, 7) is 6.05. The molecule has 0 saturated carbocycles. The van der Waals surface area contributed by atoms with Crippen LogP contribution in [-0.4, -0.2) is 12.5 Å². The highest BCUT2D eigenvalue weighted by molar-refractivity contribution is 6.35. The van der Waals surface area contributed by atoms with Crippen LogP contribution in [0.5, 0.6) is 0 Å². The van der Waals surface area contributed by atoms with Crippen molar-refractivity contribution in [2.24, 2.45) is 0 Å². The van der Waals surface area contributed by atoms with Crippen LogP contribution in [0.3, 0.4) is 0 Å². The predicted octanol–water partition coefficient (Wildman–Crippen LogP) is 3.23. The number of hydrogen-bond acceptors (Lipinski definition) is 1. The standard InChI is InChI=1S/C12H13Cl2NO/c1-8(2)7-15-12(16)5-9-3-4-10(13)6-11(9)14/h3-4,6H,1,5,7H2,2H3,(H,15,16).